The van der Waals surface area contributed by atoms with Crippen LogP contribution in [0.3, 0.4) is 0 Å². The molecule has 0 bridgehead atoms. The number of aliphatic imine (C=N–C) groups is 1. The van der Waals surface area contributed by atoms with E-state index in [0.29, 0.717) is 17.9 Å². The Morgan fingerprint density at radius 1 is 1.29 bits per heavy atom. The number of nitrogens with zero attached hydrogens (tertiary/aromatic N) is 1. The molecule has 84 valence electrons. The van der Waals surface area contributed by atoms with Gasteiger partial charge in [-0.1, -0.05) is 33.6 Å². The molecule has 0 rings (SSSR count). The van der Waals surface area contributed by atoms with Gasteiger partial charge >= 0.3 is 0 Å². The summed E-state index contributed by atoms with van der Waals surface area (Å²) in [5.41, 5.74) is 5.75. The zero-order valence-electron chi connectivity index (χ0n) is 10.0. The van der Waals surface area contributed by atoms with Gasteiger partial charge < -0.3 is 11.1 Å². The third kappa shape index (κ3) is 5.10. The maximum atomic E-state index is 5.75. The van der Waals surface area contributed by atoms with Crippen LogP contribution in [0.2, 0.25) is 0 Å². The first-order chi connectivity index (χ1) is 6.65. The van der Waals surface area contributed by atoms with Gasteiger partial charge in [0.1, 0.15) is 0 Å². The van der Waals surface area contributed by atoms with Crippen molar-refractivity contribution < 1.29 is 0 Å². The lowest BCUT2D eigenvalue weighted by Gasteiger charge is -2.22. The molecule has 0 saturated carbocycles. The number of hydrogen-bond acceptors (Lipinski definition) is 1. The summed E-state index contributed by atoms with van der Waals surface area (Å²) in [5, 5.41) is 3.24. The van der Waals surface area contributed by atoms with E-state index in [1.807, 2.05) is 0 Å². The summed E-state index contributed by atoms with van der Waals surface area (Å²) in [6.07, 6.45) is 3.42. The summed E-state index contributed by atoms with van der Waals surface area (Å²) in [6, 6.07) is 0.422. The van der Waals surface area contributed by atoms with Crippen molar-refractivity contribution in [2.75, 3.05) is 6.54 Å². The minimum atomic E-state index is 0.422. The van der Waals surface area contributed by atoms with E-state index in [4.69, 9.17) is 5.73 Å². The lowest BCUT2D eigenvalue weighted by Crippen LogP contribution is -2.42. The molecule has 0 aliphatic carbocycles. The highest BCUT2D eigenvalue weighted by molar-refractivity contribution is 5.78. The first kappa shape index (κ1) is 13.3. The molecule has 0 aromatic rings. The van der Waals surface area contributed by atoms with Gasteiger partial charge in [-0.3, -0.25) is 4.99 Å². The van der Waals surface area contributed by atoms with Crippen LogP contribution in [0, 0.1) is 5.92 Å². The fourth-order valence-electron chi connectivity index (χ4n) is 1.62. The number of guanidine groups is 1. The Balaban J connectivity index is 3.96. The predicted octanol–water partition coefficient (Wildman–Crippen LogP) is 2.13. The SMILES string of the molecule is CCCN=C(N)NC(C)C(CC)CC. The van der Waals surface area contributed by atoms with Crippen molar-refractivity contribution in [3.8, 4) is 0 Å². The molecule has 0 saturated heterocycles. The van der Waals surface area contributed by atoms with E-state index in [2.05, 4.69) is 38.0 Å². The molecular weight excluding hydrogens is 174 g/mol. The van der Waals surface area contributed by atoms with E-state index >= 15 is 0 Å². The highest BCUT2D eigenvalue weighted by Crippen LogP contribution is 2.11. The Kier molecular flexibility index (Phi) is 7.25. The van der Waals surface area contributed by atoms with Crippen LogP contribution in [0.25, 0.3) is 0 Å². The molecule has 14 heavy (non-hydrogen) atoms. The first-order valence-corrected chi connectivity index (χ1v) is 5.72. The molecule has 3 heteroatoms. The van der Waals surface area contributed by atoms with Gasteiger partial charge in [0.05, 0.1) is 0 Å². The number of hydrogen-bond donors (Lipinski definition) is 2. The van der Waals surface area contributed by atoms with Gasteiger partial charge in [-0.15, -0.1) is 0 Å². The molecule has 0 aromatic carbocycles. The molecule has 3 N–H and O–H groups in total. The van der Waals surface area contributed by atoms with Crippen LogP contribution in [0.4, 0.5) is 0 Å². The summed E-state index contributed by atoms with van der Waals surface area (Å²) in [7, 11) is 0. The van der Waals surface area contributed by atoms with Crippen molar-refractivity contribution in [2.45, 2.75) is 53.0 Å². The largest absolute Gasteiger partial charge is 0.370 e. The molecule has 0 heterocycles. The lowest BCUT2D eigenvalue weighted by molar-refractivity contribution is 0.390. The average Bonchev–Trinajstić information content (AvgIpc) is 2.16. The van der Waals surface area contributed by atoms with Gasteiger partial charge in [-0.2, -0.15) is 0 Å². The first-order valence-electron chi connectivity index (χ1n) is 5.72. The fourth-order valence-corrected chi connectivity index (χ4v) is 1.62. The van der Waals surface area contributed by atoms with Crippen LogP contribution >= 0.6 is 0 Å². The van der Waals surface area contributed by atoms with Crippen molar-refractivity contribution in [1.29, 1.82) is 0 Å². The zero-order valence-corrected chi connectivity index (χ0v) is 10.0. The summed E-state index contributed by atoms with van der Waals surface area (Å²) < 4.78 is 0. The van der Waals surface area contributed by atoms with Gasteiger partial charge in [-0.25, -0.2) is 0 Å². The third-order valence-electron chi connectivity index (χ3n) is 2.64. The van der Waals surface area contributed by atoms with Crippen molar-refractivity contribution in [1.82, 2.24) is 5.32 Å². The van der Waals surface area contributed by atoms with E-state index in [-0.39, 0.29) is 0 Å². The van der Waals surface area contributed by atoms with Crippen molar-refractivity contribution in [3.05, 3.63) is 0 Å². The molecular formula is C11H25N3. The highest BCUT2D eigenvalue weighted by atomic mass is 15.1. The van der Waals surface area contributed by atoms with Gasteiger partial charge in [-0.05, 0) is 19.3 Å². The molecule has 3 nitrogen and oxygen atoms in total. The maximum absolute atomic E-state index is 5.75. The molecule has 0 spiro atoms. The third-order valence-corrected chi connectivity index (χ3v) is 2.64. The number of rotatable bonds is 6. The van der Waals surface area contributed by atoms with Crippen LogP contribution in [-0.4, -0.2) is 18.5 Å². The highest BCUT2D eigenvalue weighted by Gasteiger charge is 2.13. The minimum absolute atomic E-state index is 0.422. The van der Waals surface area contributed by atoms with Crippen LogP contribution in [-0.2, 0) is 0 Å². The van der Waals surface area contributed by atoms with Crippen LogP contribution in [0.1, 0.15) is 47.0 Å². The maximum Gasteiger partial charge on any atom is 0.188 e. The second-order valence-corrected chi connectivity index (χ2v) is 3.78. The van der Waals surface area contributed by atoms with Gasteiger partial charge in [0, 0.05) is 12.6 Å². The fraction of sp³-hybridized carbons (Fsp3) is 0.909. The van der Waals surface area contributed by atoms with E-state index in [0.717, 1.165) is 13.0 Å². The van der Waals surface area contributed by atoms with Crippen molar-refractivity contribution in [2.24, 2.45) is 16.6 Å². The van der Waals surface area contributed by atoms with Crippen molar-refractivity contribution in [3.63, 3.8) is 0 Å². The predicted molar refractivity (Wildman–Crippen MR) is 63.5 cm³/mol. The Morgan fingerprint density at radius 3 is 2.29 bits per heavy atom. The smallest absolute Gasteiger partial charge is 0.188 e. The average molecular weight is 199 g/mol. The Hall–Kier alpha value is -0.730. The van der Waals surface area contributed by atoms with E-state index in [1.165, 1.54) is 12.8 Å². The molecule has 1 unspecified atom stereocenters. The molecule has 0 aliphatic heterocycles. The Bertz CT molecular complexity index is 162. The van der Waals surface area contributed by atoms with Gasteiger partial charge in [0.25, 0.3) is 0 Å². The summed E-state index contributed by atoms with van der Waals surface area (Å²) in [4.78, 5) is 4.22. The van der Waals surface area contributed by atoms with Gasteiger partial charge in [0.15, 0.2) is 5.96 Å². The molecule has 0 amide bonds. The molecule has 0 fully saturated rings. The molecule has 0 aliphatic rings. The van der Waals surface area contributed by atoms with Gasteiger partial charge in [0.2, 0.25) is 0 Å². The van der Waals surface area contributed by atoms with E-state index < -0.39 is 0 Å². The lowest BCUT2D eigenvalue weighted by atomic mass is 9.96. The van der Waals surface area contributed by atoms with Crippen LogP contribution < -0.4 is 11.1 Å². The zero-order chi connectivity index (χ0) is 11.0. The van der Waals surface area contributed by atoms with Crippen LogP contribution in [0.15, 0.2) is 4.99 Å². The summed E-state index contributed by atoms with van der Waals surface area (Å²) >= 11 is 0. The minimum Gasteiger partial charge on any atom is -0.370 e. The summed E-state index contributed by atoms with van der Waals surface area (Å²) in [6.45, 7) is 9.51. The second-order valence-electron chi connectivity index (χ2n) is 3.78. The van der Waals surface area contributed by atoms with Crippen molar-refractivity contribution >= 4 is 5.96 Å². The topological polar surface area (TPSA) is 50.4 Å². The standard InChI is InChI=1S/C11H25N3/c1-5-8-13-11(12)14-9(4)10(6-2)7-3/h9-10H,5-8H2,1-4H3,(H3,12,13,14). The second kappa shape index (κ2) is 7.65. The molecule has 0 aromatic heterocycles. The number of nitrogens with one attached hydrogen (secondary N) is 1. The van der Waals surface area contributed by atoms with E-state index in [1.54, 1.807) is 0 Å². The monoisotopic (exact) mass is 199 g/mol. The van der Waals surface area contributed by atoms with Crippen LogP contribution in [0.5, 0.6) is 0 Å². The quantitative estimate of drug-likeness (QED) is 0.508. The number of nitrogens with two attached hydrogens (primary N) is 1. The Labute approximate surface area is 88.2 Å². The Morgan fingerprint density at radius 2 is 1.86 bits per heavy atom. The molecule has 1 atom stereocenters. The van der Waals surface area contributed by atoms with E-state index in [9.17, 15) is 0 Å². The normalized spacial score (nSPS) is 14.5. The summed E-state index contributed by atoms with van der Waals surface area (Å²) in [5.74, 6) is 1.27. The molecule has 0 radical (unpaired) electrons.